The first-order valence-electron chi connectivity index (χ1n) is 8.70. The molecule has 0 bridgehead atoms. The van der Waals surface area contributed by atoms with Crippen molar-refractivity contribution >= 4 is 33.6 Å². The van der Waals surface area contributed by atoms with Gasteiger partial charge in [-0.25, -0.2) is 18.7 Å². The zero-order chi connectivity index (χ0) is 21.8. The summed E-state index contributed by atoms with van der Waals surface area (Å²) in [5, 5.41) is 12.7. The predicted octanol–water partition coefficient (Wildman–Crippen LogP) is 5.20. The Morgan fingerprint density at radius 3 is 2.61 bits per heavy atom. The van der Waals surface area contributed by atoms with Crippen molar-refractivity contribution in [2.24, 2.45) is 0 Å². The number of rotatable bonds is 3. The summed E-state index contributed by atoms with van der Waals surface area (Å²) in [4.78, 5) is 8.25. The molecule has 0 spiro atoms. The van der Waals surface area contributed by atoms with Crippen LogP contribution in [0.1, 0.15) is 5.56 Å². The zero-order valence-corrected chi connectivity index (χ0v) is 15.1. The number of nitrogens with zero attached hydrogens (tertiary/aromatic N) is 4. The molecule has 156 valence electrons. The number of hydrogen-bond donors (Lipinski definition) is 2. The van der Waals surface area contributed by atoms with Crippen LogP contribution < -0.4 is 5.32 Å². The van der Waals surface area contributed by atoms with Gasteiger partial charge in [0.15, 0.2) is 23.3 Å². The smallest absolute Gasteiger partial charge is 0.351 e. The molecule has 3 heterocycles. The van der Waals surface area contributed by atoms with E-state index in [0.717, 1.165) is 12.1 Å². The van der Waals surface area contributed by atoms with Crippen LogP contribution in [0.4, 0.5) is 33.6 Å². The highest BCUT2D eigenvalue weighted by molar-refractivity contribution is 5.95. The number of H-pyrrole nitrogens is 1. The summed E-state index contributed by atoms with van der Waals surface area (Å²) in [6.45, 7) is 0. The van der Waals surface area contributed by atoms with Gasteiger partial charge in [0.2, 0.25) is 5.58 Å². The third kappa shape index (κ3) is 3.21. The third-order valence-corrected chi connectivity index (χ3v) is 4.51. The van der Waals surface area contributed by atoms with Gasteiger partial charge in [-0.05, 0) is 12.1 Å². The molecule has 0 aliphatic heterocycles. The van der Waals surface area contributed by atoms with E-state index in [1.54, 1.807) is 0 Å². The van der Waals surface area contributed by atoms with Crippen LogP contribution in [0.5, 0.6) is 0 Å². The normalized spacial score (nSPS) is 12.0. The van der Waals surface area contributed by atoms with Gasteiger partial charge in [-0.15, -0.1) is 0 Å². The van der Waals surface area contributed by atoms with E-state index in [0.29, 0.717) is 6.07 Å². The van der Waals surface area contributed by atoms with Gasteiger partial charge in [0.25, 0.3) is 0 Å². The summed E-state index contributed by atoms with van der Waals surface area (Å²) in [6.07, 6.45) is -3.42. The van der Waals surface area contributed by atoms with Gasteiger partial charge in [-0.1, -0.05) is 23.4 Å². The Kier molecular flexibility index (Phi) is 4.10. The first kappa shape index (κ1) is 18.9. The molecule has 0 saturated heterocycles. The van der Waals surface area contributed by atoms with Crippen LogP contribution in [0.25, 0.3) is 33.4 Å². The number of aromatic amines is 1. The molecule has 3 aromatic heterocycles. The molecule has 5 rings (SSSR count). The largest absolute Gasteiger partial charge is 0.417 e. The van der Waals surface area contributed by atoms with Crippen LogP contribution in [0.2, 0.25) is 0 Å². The van der Waals surface area contributed by atoms with Crippen molar-refractivity contribution in [3.63, 3.8) is 0 Å². The number of hydrogen-bond acceptors (Lipinski definition) is 6. The van der Waals surface area contributed by atoms with Gasteiger partial charge < -0.3 is 9.84 Å². The van der Waals surface area contributed by atoms with E-state index in [1.807, 2.05) is 0 Å². The standard InChI is InChI=1S/C19H9F5N6O/c20-8-5-10-14(12(21)6-8)29-30-17(10)28-18-15-13(7-25-31-15)26-16(27-18)9-3-1-2-4-11(9)19(22,23)24/h1-7H,(H2,26,27,28,29,30). The van der Waals surface area contributed by atoms with E-state index >= 15 is 0 Å². The fourth-order valence-corrected chi connectivity index (χ4v) is 3.16. The van der Waals surface area contributed by atoms with Crippen molar-refractivity contribution in [2.75, 3.05) is 5.32 Å². The Balaban J connectivity index is 1.68. The Morgan fingerprint density at radius 2 is 1.81 bits per heavy atom. The first-order valence-corrected chi connectivity index (χ1v) is 8.70. The molecule has 0 saturated carbocycles. The van der Waals surface area contributed by atoms with E-state index in [4.69, 9.17) is 4.52 Å². The summed E-state index contributed by atoms with van der Waals surface area (Å²) in [5.74, 6) is -2.03. The predicted molar refractivity (Wildman–Crippen MR) is 99.3 cm³/mol. The van der Waals surface area contributed by atoms with E-state index in [9.17, 15) is 22.0 Å². The molecular weight excluding hydrogens is 423 g/mol. The second-order valence-corrected chi connectivity index (χ2v) is 6.49. The van der Waals surface area contributed by atoms with Gasteiger partial charge in [0, 0.05) is 11.6 Å². The van der Waals surface area contributed by atoms with Crippen molar-refractivity contribution in [3.8, 4) is 11.4 Å². The van der Waals surface area contributed by atoms with Crippen molar-refractivity contribution in [1.29, 1.82) is 0 Å². The van der Waals surface area contributed by atoms with Gasteiger partial charge in [-0.3, -0.25) is 5.10 Å². The summed E-state index contributed by atoms with van der Waals surface area (Å²) < 4.78 is 73.1. The SMILES string of the molecule is Fc1cc(F)c2[nH]nc(Nc3nc(-c4ccccc4C(F)(F)F)nc4cnoc34)c2c1. The summed E-state index contributed by atoms with van der Waals surface area (Å²) >= 11 is 0. The third-order valence-electron chi connectivity index (χ3n) is 4.51. The number of fused-ring (bicyclic) bond motifs is 2. The number of alkyl halides is 3. The molecule has 7 nitrogen and oxygen atoms in total. The van der Waals surface area contributed by atoms with Gasteiger partial charge in [0.1, 0.15) is 16.9 Å². The molecule has 2 N–H and O–H groups in total. The fourth-order valence-electron chi connectivity index (χ4n) is 3.16. The number of halogens is 5. The monoisotopic (exact) mass is 432 g/mol. The van der Waals surface area contributed by atoms with E-state index < -0.39 is 23.4 Å². The molecule has 12 heteroatoms. The summed E-state index contributed by atoms with van der Waals surface area (Å²) in [7, 11) is 0. The van der Waals surface area contributed by atoms with E-state index in [1.165, 1.54) is 24.4 Å². The molecule has 0 amide bonds. The number of anilines is 2. The minimum Gasteiger partial charge on any atom is -0.351 e. The van der Waals surface area contributed by atoms with Gasteiger partial charge in [0.05, 0.1) is 17.1 Å². The van der Waals surface area contributed by atoms with Crippen LogP contribution >= 0.6 is 0 Å². The number of benzene rings is 2. The molecule has 0 aliphatic carbocycles. The van der Waals surface area contributed by atoms with Crippen LogP contribution in [0.3, 0.4) is 0 Å². The lowest BCUT2D eigenvalue weighted by Crippen LogP contribution is -2.08. The highest BCUT2D eigenvalue weighted by Crippen LogP contribution is 2.37. The zero-order valence-electron chi connectivity index (χ0n) is 15.1. The lowest BCUT2D eigenvalue weighted by atomic mass is 10.1. The molecule has 5 aromatic rings. The number of aromatic nitrogens is 5. The second-order valence-electron chi connectivity index (χ2n) is 6.49. The highest BCUT2D eigenvalue weighted by Gasteiger charge is 2.34. The summed E-state index contributed by atoms with van der Waals surface area (Å²) in [6, 6.07) is 6.55. The van der Waals surface area contributed by atoms with Crippen LogP contribution in [0.15, 0.2) is 47.1 Å². The minimum atomic E-state index is -4.63. The molecule has 0 unspecified atom stereocenters. The molecule has 2 aromatic carbocycles. The molecule has 0 aliphatic rings. The van der Waals surface area contributed by atoms with E-state index in [2.05, 4.69) is 30.6 Å². The lowest BCUT2D eigenvalue weighted by Gasteiger charge is -2.12. The Hall–Kier alpha value is -4.09. The summed E-state index contributed by atoms with van der Waals surface area (Å²) in [5.41, 5.74) is -1.09. The van der Waals surface area contributed by atoms with Crippen molar-refractivity contribution < 1.29 is 26.5 Å². The molecule has 0 radical (unpaired) electrons. The van der Waals surface area contributed by atoms with Crippen LogP contribution in [-0.4, -0.2) is 25.3 Å². The first-order chi connectivity index (χ1) is 14.8. The maximum atomic E-state index is 13.9. The average Bonchev–Trinajstić information content (AvgIpc) is 3.35. The number of nitrogens with one attached hydrogen (secondary N) is 2. The minimum absolute atomic E-state index is 0.0140. The highest BCUT2D eigenvalue weighted by atomic mass is 19.4. The van der Waals surface area contributed by atoms with Gasteiger partial charge in [-0.2, -0.15) is 18.3 Å². The maximum absolute atomic E-state index is 13.9. The quantitative estimate of drug-likeness (QED) is 0.381. The molecular formula is C19H9F5N6O. The van der Waals surface area contributed by atoms with Crippen molar-refractivity contribution in [3.05, 3.63) is 59.8 Å². The molecule has 0 atom stereocenters. The van der Waals surface area contributed by atoms with Crippen LogP contribution in [0, 0.1) is 11.6 Å². The lowest BCUT2D eigenvalue weighted by molar-refractivity contribution is -0.137. The molecule has 31 heavy (non-hydrogen) atoms. The van der Waals surface area contributed by atoms with E-state index in [-0.39, 0.29) is 45.0 Å². The second kappa shape index (κ2) is 6.72. The average molecular weight is 432 g/mol. The van der Waals surface area contributed by atoms with Crippen molar-refractivity contribution in [2.45, 2.75) is 6.18 Å². The Labute approximate surface area is 168 Å². The maximum Gasteiger partial charge on any atom is 0.417 e. The Morgan fingerprint density at radius 1 is 1.00 bits per heavy atom. The fraction of sp³-hybridized carbons (Fsp3) is 0.0526. The topological polar surface area (TPSA) is 92.5 Å². The molecule has 0 fully saturated rings. The van der Waals surface area contributed by atoms with Crippen molar-refractivity contribution in [1.82, 2.24) is 25.3 Å². The Bertz CT molecular complexity index is 1440. The van der Waals surface area contributed by atoms with Gasteiger partial charge >= 0.3 is 6.18 Å². The van der Waals surface area contributed by atoms with Crippen LogP contribution in [-0.2, 0) is 6.18 Å².